The number of benzene rings is 1. The summed E-state index contributed by atoms with van der Waals surface area (Å²) in [6.45, 7) is 0.666. The highest BCUT2D eigenvalue weighted by molar-refractivity contribution is 6.05. The van der Waals surface area contributed by atoms with Crippen LogP contribution in [0.25, 0.3) is 10.9 Å². The summed E-state index contributed by atoms with van der Waals surface area (Å²) in [6.07, 6.45) is 6.04. The van der Waals surface area contributed by atoms with Gasteiger partial charge in [-0.15, -0.1) is 0 Å². The van der Waals surface area contributed by atoms with Crippen LogP contribution in [0.4, 0.5) is 0 Å². The van der Waals surface area contributed by atoms with Crippen LogP contribution in [0.3, 0.4) is 0 Å². The Kier molecular flexibility index (Phi) is 4.10. The second-order valence-electron chi connectivity index (χ2n) is 5.21. The molecule has 0 N–H and O–H groups in total. The van der Waals surface area contributed by atoms with Gasteiger partial charge in [-0.3, -0.25) is 14.8 Å². The molecule has 0 radical (unpaired) electrons. The molecule has 3 rings (SSSR count). The van der Waals surface area contributed by atoms with Gasteiger partial charge in [0.05, 0.1) is 11.1 Å². The molecule has 0 aliphatic rings. The van der Waals surface area contributed by atoms with Gasteiger partial charge >= 0.3 is 0 Å². The van der Waals surface area contributed by atoms with E-state index in [1.165, 1.54) is 5.56 Å². The molecular weight excluding hydrogens is 274 g/mol. The van der Waals surface area contributed by atoms with Crippen LogP contribution >= 0.6 is 0 Å². The lowest BCUT2D eigenvalue weighted by atomic mass is 10.1. The third-order valence-electron chi connectivity index (χ3n) is 3.71. The van der Waals surface area contributed by atoms with Crippen molar-refractivity contribution in [1.82, 2.24) is 14.9 Å². The molecule has 0 fully saturated rings. The van der Waals surface area contributed by atoms with Crippen molar-refractivity contribution in [3.8, 4) is 0 Å². The van der Waals surface area contributed by atoms with Crippen LogP contribution in [0.15, 0.2) is 61.1 Å². The van der Waals surface area contributed by atoms with E-state index >= 15 is 0 Å². The first kappa shape index (κ1) is 14.2. The zero-order valence-corrected chi connectivity index (χ0v) is 12.4. The molecule has 0 unspecified atom stereocenters. The smallest absolute Gasteiger partial charge is 0.254 e. The van der Waals surface area contributed by atoms with Crippen LogP contribution in [0.1, 0.15) is 15.9 Å². The van der Waals surface area contributed by atoms with E-state index in [1.807, 2.05) is 43.4 Å². The topological polar surface area (TPSA) is 46.1 Å². The van der Waals surface area contributed by atoms with Crippen molar-refractivity contribution in [1.29, 1.82) is 0 Å². The number of hydrogen-bond acceptors (Lipinski definition) is 3. The number of likely N-dealkylation sites (N-methyl/N-ethyl adjacent to an activating group) is 1. The maximum Gasteiger partial charge on any atom is 0.254 e. The zero-order valence-electron chi connectivity index (χ0n) is 12.4. The van der Waals surface area contributed by atoms with Gasteiger partial charge in [0, 0.05) is 37.6 Å². The number of nitrogens with zero attached hydrogens (tertiary/aromatic N) is 3. The first-order valence-corrected chi connectivity index (χ1v) is 7.24. The summed E-state index contributed by atoms with van der Waals surface area (Å²) in [5, 5.41) is 0.894. The third kappa shape index (κ3) is 2.96. The lowest BCUT2D eigenvalue weighted by molar-refractivity contribution is 0.0798. The van der Waals surface area contributed by atoms with Crippen LogP contribution in [0, 0.1) is 0 Å². The number of rotatable bonds is 4. The molecule has 0 bridgehead atoms. The monoisotopic (exact) mass is 291 g/mol. The van der Waals surface area contributed by atoms with Gasteiger partial charge in [-0.05, 0) is 36.2 Å². The van der Waals surface area contributed by atoms with Crippen LogP contribution in [0.5, 0.6) is 0 Å². The SMILES string of the molecule is CN(CCc1ccncc1)C(=O)c1ccnc2ccccc12. The average Bonchev–Trinajstić information content (AvgIpc) is 2.59. The quantitative estimate of drug-likeness (QED) is 0.742. The Morgan fingerprint density at radius 2 is 1.82 bits per heavy atom. The number of amides is 1. The Hall–Kier alpha value is -2.75. The summed E-state index contributed by atoms with van der Waals surface area (Å²) in [5.74, 6) is 0.0210. The van der Waals surface area contributed by atoms with E-state index < -0.39 is 0 Å². The summed E-state index contributed by atoms with van der Waals surface area (Å²) in [6, 6.07) is 13.4. The van der Waals surface area contributed by atoms with Gasteiger partial charge in [-0.1, -0.05) is 18.2 Å². The Morgan fingerprint density at radius 3 is 2.64 bits per heavy atom. The summed E-state index contributed by atoms with van der Waals surface area (Å²) in [5.41, 5.74) is 2.72. The van der Waals surface area contributed by atoms with Crippen molar-refractivity contribution in [2.24, 2.45) is 0 Å². The number of hydrogen-bond donors (Lipinski definition) is 0. The first-order valence-electron chi connectivity index (χ1n) is 7.24. The molecule has 2 heterocycles. The van der Waals surface area contributed by atoms with Gasteiger partial charge in [0.1, 0.15) is 0 Å². The van der Waals surface area contributed by atoms with Gasteiger partial charge in [-0.2, -0.15) is 0 Å². The van der Waals surface area contributed by atoms with Gasteiger partial charge in [0.25, 0.3) is 5.91 Å². The Morgan fingerprint density at radius 1 is 1.05 bits per heavy atom. The Labute approximate surface area is 129 Å². The molecule has 0 saturated heterocycles. The summed E-state index contributed by atoms with van der Waals surface area (Å²) in [4.78, 5) is 22.7. The lowest BCUT2D eigenvalue weighted by Gasteiger charge is -2.18. The van der Waals surface area contributed by atoms with E-state index in [4.69, 9.17) is 0 Å². The molecule has 22 heavy (non-hydrogen) atoms. The number of fused-ring (bicyclic) bond motifs is 1. The summed E-state index contributed by atoms with van der Waals surface area (Å²) in [7, 11) is 1.83. The predicted octanol–water partition coefficient (Wildman–Crippen LogP) is 2.94. The van der Waals surface area contributed by atoms with Crippen molar-refractivity contribution in [3.05, 3.63) is 72.2 Å². The van der Waals surface area contributed by atoms with Crippen LogP contribution in [0.2, 0.25) is 0 Å². The first-order chi connectivity index (χ1) is 10.8. The predicted molar refractivity (Wildman–Crippen MR) is 86.6 cm³/mol. The molecule has 0 aliphatic carbocycles. The number of carbonyl (C=O) groups is 1. The Bertz CT molecular complexity index is 781. The van der Waals surface area contributed by atoms with E-state index in [0.29, 0.717) is 12.1 Å². The highest BCUT2D eigenvalue weighted by Gasteiger charge is 2.14. The van der Waals surface area contributed by atoms with Crippen molar-refractivity contribution in [2.45, 2.75) is 6.42 Å². The molecule has 0 saturated carbocycles. The van der Waals surface area contributed by atoms with Gasteiger partial charge in [-0.25, -0.2) is 0 Å². The highest BCUT2D eigenvalue weighted by atomic mass is 16.2. The van der Waals surface area contributed by atoms with E-state index in [2.05, 4.69) is 9.97 Å². The van der Waals surface area contributed by atoms with Crippen LogP contribution in [-0.2, 0) is 6.42 Å². The molecule has 110 valence electrons. The molecule has 4 nitrogen and oxygen atoms in total. The third-order valence-corrected chi connectivity index (χ3v) is 3.71. The fraction of sp³-hybridized carbons (Fsp3) is 0.167. The Balaban J connectivity index is 1.77. The minimum Gasteiger partial charge on any atom is -0.341 e. The maximum atomic E-state index is 12.7. The van der Waals surface area contributed by atoms with E-state index in [0.717, 1.165) is 17.3 Å². The molecule has 3 aromatic rings. The second-order valence-corrected chi connectivity index (χ2v) is 5.21. The molecule has 1 aromatic carbocycles. The number of para-hydroxylation sites is 1. The molecule has 0 spiro atoms. The highest BCUT2D eigenvalue weighted by Crippen LogP contribution is 2.17. The fourth-order valence-corrected chi connectivity index (χ4v) is 2.44. The lowest BCUT2D eigenvalue weighted by Crippen LogP contribution is -2.29. The number of carbonyl (C=O) groups excluding carboxylic acids is 1. The maximum absolute atomic E-state index is 12.7. The van der Waals surface area contributed by atoms with Gasteiger partial charge < -0.3 is 4.90 Å². The van der Waals surface area contributed by atoms with E-state index in [-0.39, 0.29) is 5.91 Å². The van der Waals surface area contributed by atoms with Crippen molar-refractivity contribution < 1.29 is 4.79 Å². The van der Waals surface area contributed by atoms with Crippen molar-refractivity contribution in [3.63, 3.8) is 0 Å². The van der Waals surface area contributed by atoms with Crippen LogP contribution in [-0.4, -0.2) is 34.4 Å². The number of aromatic nitrogens is 2. The zero-order chi connectivity index (χ0) is 15.4. The average molecular weight is 291 g/mol. The van der Waals surface area contributed by atoms with Crippen molar-refractivity contribution >= 4 is 16.8 Å². The van der Waals surface area contributed by atoms with Gasteiger partial charge in [0.2, 0.25) is 0 Å². The van der Waals surface area contributed by atoms with Gasteiger partial charge in [0.15, 0.2) is 0 Å². The molecule has 4 heteroatoms. The normalized spacial score (nSPS) is 10.6. The summed E-state index contributed by atoms with van der Waals surface area (Å²) < 4.78 is 0. The molecule has 0 aliphatic heterocycles. The van der Waals surface area contributed by atoms with E-state index in [9.17, 15) is 4.79 Å². The van der Waals surface area contributed by atoms with Crippen LogP contribution < -0.4 is 0 Å². The van der Waals surface area contributed by atoms with Crippen molar-refractivity contribution in [2.75, 3.05) is 13.6 Å². The molecular formula is C18H17N3O. The molecule has 2 aromatic heterocycles. The fourth-order valence-electron chi connectivity index (χ4n) is 2.44. The second kappa shape index (κ2) is 6.35. The standard InChI is InChI=1S/C18H17N3O/c1-21(13-9-14-6-10-19-11-7-14)18(22)16-8-12-20-17-5-3-2-4-15(16)17/h2-8,10-12H,9,13H2,1H3. The summed E-state index contributed by atoms with van der Waals surface area (Å²) >= 11 is 0. The minimum atomic E-state index is 0.0210. The minimum absolute atomic E-state index is 0.0210. The van der Waals surface area contributed by atoms with E-state index in [1.54, 1.807) is 29.6 Å². The largest absolute Gasteiger partial charge is 0.341 e. The number of pyridine rings is 2. The molecule has 1 amide bonds. The molecule has 0 atom stereocenters.